The fourth-order valence-electron chi connectivity index (χ4n) is 1.17. The molecule has 0 unspecified atom stereocenters. The molecule has 0 amide bonds. The highest BCUT2D eigenvalue weighted by Gasteiger charge is 2.05. The largest absolute Gasteiger partial charge is 0.398 e. The standard InChI is InChI=1S/C10H11N3S2/c1-6-3-4-9(8(11)5-6)14-10-12-7(2)13-15-10/h3-5H,11H2,1-2H3. The van der Waals surface area contributed by atoms with Gasteiger partial charge in [-0.05, 0) is 43.1 Å². The Morgan fingerprint density at radius 2 is 2.13 bits per heavy atom. The van der Waals surface area contributed by atoms with Gasteiger partial charge >= 0.3 is 0 Å². The molecule has 0 fully saturated rings. The van der Waals surface area contributed by atoms with Crippen LogP contribution < -0.4 is 5.73 Å². The lowest BCUT2D eigenvalue weighted by molar-refractivity contribution is 1.10. The third-order valence-corrected chi connectivity index (χ3v) is 3.81. The number of nitrogens with zero attached hydrogens (tertiary/aromatic N) is 2. The Balaban J connectivity index is 2.24. The number of nitrogens with two attached hydrogens (primary N) is 1. The molecule has 1 aromatic heterocycles. The SMILES string of the molecule is Cc1ccc(Sc2nc(C)ns2)c(N)c1. The summed E-state index contributed by atoms with van der Waals surface area (Å²) in [5, 5.41) is 0. The molecule has 3 nitrogen and oxygen atoms in total. The average molecular weight is 237 g/mol. The minimum absolute atomic E-state index is 0.799. The van der Waals surface area contributed by atoms with Crippen molar-refractivity contribution in [3.8, 4) is 0 Å². The maximum atomic E-state index is 5.91. The number of nitrogen functional groups attached to an aromatic ring is 1. The zero-order chi connectivity index (χ0) is 10.8. The molecule has 0 saturated heterocycles. The zero-order valence-electron chi connectivity index (χ0n) is 8.52. The zero-order valence-corrected chi connectivity index (χ0v) is 10.2. The molecule has 1 aromatic carbocycles. The molecule has 0 aliphatic rings. The van der Waals surface area contributed by atoms with Gasteiger partial charge in [0.05, 0.1) is 0 Å². The number of aryl methyl sites for hydroxylation is 2. The third kappa shape index (κ3) is 2.49. The van der Waals surface area contributed by atoms with Crippen LogP contribution in [-0.4, -0.2) is 9.36 Å². The highest BCUT2D eigenvalue weighted by Crippen LogP contribution is 2.33. The predicted molar refractivity (Wildman–Crippen MR) is 64.4 cm³/mol. The normalized spacial score (nSPS) is 10.5. The van der Waals surface area contributed by atoms with Gasteiger partial charge in [0.15, 0.2) is 4.34 Å². The minimum atomic E-state index is 0.799. The Kier molecular flexibility index (Phi) is 2.93. The lowest BCUT2D eigenvalue weighted by Crippen LogP contribution is -1.88. The number of anilines is 1. The van der Waals surface area contributed by atoms with Gasteiger partial charge < -0.3 is 5.73 Å². The Labute approximate surface area is 96.9 Å². The average Bonchev–Trinajstić information content (AvgIpc) is 2.56. The van der Waals surface area contributed by atoms with Crippen molar-refractivity contribution >= 4 is 29.0 Å². The number of rotatable bonds is 2. The van der Waals surface area contributed by atoms with Crippen molar-refractivity contribution in [1.82, 2.24) is 9.36 Å². The van der Waals surface area contributed by atoms with E-state index >= 15 is 0 Å². The monoisotopic (exact) mass is 237 g/mol. The minimum Gasteiger partial charge on any atom is -0.398 e. The van der Waals surface area contributed by atoms with Gasteiger partial charge in [-0.1, -0.05) is 17.8 Å². The molecule has 78 valence electrons. The van der Waals surface area contributed by atoms with Crippen molar-refractivity contribution in [3.63, 3.8) is 0 Å². The number of benzene rings is 1. The lowest BCUT2D eigenvalue weighted by atomic mass is 10.2. The summed E-state index contributed by atoms with van der Waals surface area (Å²) < 4.78 is 5.06. The smallest absolute Gasteiger partial charge is 0.174 e. The van der Waals surface area contributed by atoms with Gasteiger partial charge in [-0.2, -0.15) is 4.37 Å². The summed E-state index contributed by atoms with van der Waals surface area (Å²) >= 11 is 2.97. The Hall–Kier alpha value is -1.07. The Bertz CT molecular complexity index is 479. The summed E-state index contributed by atoms with van der Waals surface area (Å²) in [5.74, 6) is 0.813. The molecule has 0 radical (unpaired) electrons. The van der Waals surface area contributed by atoms with Crippen LogP contribution in [0.5, 0.6) is 0 Å². The van der Waals surface area contributed by atoms with Crippen molar-refractivity contribution in [1.29, 1.82) is 0 Å². The molecule has 1 heterocycles. The van der Waals surface area contributed by atoms with E-state index in [1.807, 2.05) is 32.0 Å². The first kappa shape index (κ1) is 10.4. The van der Waals surface area contributed by atoms with Crippen LogP contribution in [0.1, 0.15) is 11.4 Å². The second-order valence-electron chi connectivity index (χ2n) is 3.25. The van der Waals surface area contributed by atoms with Crippen molar-refractivity contribution in [2.75, 3.05) is 5.73 Å². The maximum Gasteiger partial charge on any atom is 0.174 e. The van der Waals surface area contributed by atoms with Crippen LogP contribution in [0.15, 0.2) is 27.4 Å². The number of hydrogen-bond donors (Lipinski definition) is 1. The number of hydrogen-bond acceptors (Lipinski definition) is 5. The Morgan fingerprint density at radius 3 is 2.73 bits per heavy atom. The van der Waals surface area contributed by atoms with Crippen molar-refractivity contribution in [2.24, 2.45) is 0 Å². The second-order valence-corrected chi connectivity index (χ2v) is 5.29. The summed E-state index contributed by atoms with van der Waals surface area (Å²) in [6.45, 7) is 3.92. The van der Waals surface area contributed by atoms with E-state index in [2.05, 4.69) is 9.36 Å². The highest BCUT2D eigenvalue weighted by atomic mass is 32.2. The molecular formula is C10H11N3S2. The topological polar surface area (TPSA) is 51.8 Å². The molecule has 0 aliphatic carbocycles. The first-order chi connectivity index (χ1) is 7.15. The fraction of sp³-hybridized carbons (Fsp3) is 0.200. The van der Waals surface area contributed by atoms with Crippen LogP contribution in [0.25, 0.3) is 0 Å². The molecule has 0 aliphatic heterocycles. The summed E-state index contributed by atoms with van der Waals surface area (Å²) in [6.07, 6.45) is 0. The first-order valence-corrected chi connectivity index (χ1v) is 6.08. The van der Waals surface area contributed by atoms with Gasteiger partial charge in [0.25, 0.3) is 0 Å². The van der Waals surface area contributed by atoms with E-state index in [4.69, 9.17) is 5.73 Å². The fourth-order valence-corrected chi connectivity index (χ4v) is 2.81. The molecule has 0 saturated carbocycles. The summed E-state index contributed by atoms with van der Waals surface area (Å²) in [6, 6.07) is 6.04. The molecule has 0 bridgehead atoms. The molecule has 0 spiro atoms. The third-order valence-electron chi connectivity index (χ3n) is 1.87. The van der Waals surface area contributed by atoms with E-state index in [-0.39, 0.29) is 0 Å². The molecule has 15 heavy (non-hydrogen) atoms. The predicted octanol–water partition coefficient (Wildman–Crippen LogP) is 2.89. The van der Waals surface area contributed by atoms with Crippen LogP contribution in [0.2, 0.25) is 0 Å². The Morgan fingerprint density at radius 1 is 1.33 bits per heavy atom. The quantitative estimate of drug-likeness (QED) is 0.816. The molecule has 2 rings (SSSR count). The van der Waals surface area contributed by atoms with E-state index in [0.29, 0.717) is 0 Å². The van der Waals surface area contributed by atoms with E-state index in [1.54, 1.807) is 11.8 Å². The van der Waals surface area contributed by atoms with E-state index in [0.717, 1.165) is 20.7 Å². The van der Waals surface area contributed by atoms with Gasteiger partial charge in [-0.3, -0.25) is 0 Å². The second kappa shape index (κ2) is 4.20. The van der Waals surface area contributed by atoms with Crippen LogP contribution in [0.4, 0.5) is 5.69 Å². The van der Waals surface area contributed by atoms with Crippen molar-refractivity contribution < 1.29 is 0 Å². The highest BCUT2D eigenvalue weighted by molar-refractivity contribution is 8.01. The summed E-state index contributed by atoms with van der Waals surface area (Å²) in [4.78, 5) is 5.32. The summed E-state index contributed by atoms with van der Waals surface area (Å²) in [5.41, 5.74) is 7.88. The molecule has 0 atom stereocenters. The van der Waals surface area contributed by atoms with Crippen molar-refractivity contribution in [2.45, 2.75) is 23.1 Å². The van der Waals surface area contributed by atoms with Crippen molar-refractivity contribution in [3.05, 3.63) is 29.6 Å². The van der Waals surface area contributed by atoms with Gasteiger partial charge in [0.2, 0.25) is 0 Å². The summed E-state index contributed by atoms with van der Waals surface area (Å²) in [7, 11) is 0. The van der Waals surface area contributed by atoms with Crippen LogP contribution in [0.3, 0.4) is 0 Å². The maximum absolute atomic E-state index is 5.91. The molecule has 2 aromatic rings. The van der Waals surface area contributed by atoms with Crippen LogP contribution in [-0.2, 0) is 0 Å². The molecule has 5 heteroatoms. The van der Waals surface area contributed by atoms with Gasteiger partial charge in [0, 0.05) is 10.6 Å². The first-order valence-electron chi connectivity index (χ1n) is 4.49. The number of aromatic nitrogens is 2. The molecule has 2 N–H and O–H groups in total. The van der Waals surface area contributed by atoms with Gasteiger partial charge in [-0.15, -0.1) is 0 Å². The van der Waals surface area contributed by atoms with E-state index in [9.17, 15) is 0 Å². The van der Waals surface area contributed by atoms with Gasteiger partial charge in [0.1, 0.15) is 5.82 Å². The van der Waals surface area contributed by atoms with Crippen LogP contribution >= 0.6 is 23.3 Å². The van der Waals surface area contributed by atoms with Crippen LogP contribution in [0, 0.1) is 13.8 Å². The molecular weight excluding hydrogens is 226 g/mol. The van der Waals surface area contributed by atoms with E-state index < -0.39 is 0 Å². The lowest BCUT2D eigenvalue weighted by Gasteiger charge is -2.03. The van der Waals surface area contributed by atoms with E-state index in [1.165, 1.54) is 17.1 Å². The van der Waals surface area contributed by atoms with Gasteiger partial charge in [-0.25, -0.2) is 4.98 Å².